The lowest BCUT2D eigenvalue weighted by molar-refractivity contribution is -0.140. The molecule has 0 radical (unpaired) electrons. The van der Waals surface area contributed by atoms with E-state index in [1.165, 1.54) is 13.5 Å². The first-order valence-electron chi connectivity index (χ1n) is 6.12. The minimum atomic E-state index is -0.300. The Morgan fingerprint density at radius 3 is 2.41 bits per heavy atom. The number of hydrogen-bond donors (Lipinski definition) is 1. The SMILES string of the molecule is COC(=O)CCNC(=O)N1C[C@H](C)C[C@H](C)C1. The molecule has 0 aromatic heterocycles. The number of carbonyl (C=O) groups excluding carboxylic acids is 2. The molecule has 1 fully saturated rings. The normalized spacial score (nSPS) is 24.3. The molecule has 0 unspecified atom stereocenters. The van der Waals surface area contributed by atoms with Crippen molar-refractivity contribution in [1.29, 1.82) is 0 Å². The predicted molar refractivity (Wildman–Crippen MR) is 64.5 cm³/mol. The Bertz CT molecular complexity index is 271. The molecule has 1 aliphatic rings. The Hall–Kier alpha value is -1.26. The number of ether oxygens (including phenoxy) is 1. The van der Waals surface area contributed by atoms with E-state index < -0.39 is 0 Å². The number of nitrogens with zero attached hydrogens (tertiary/aromatic N) is 1. The van der Waals surface area contributed by atoms with Gasteiger partial charge in [0.05, 0.1) is 13.5 Å². The van der Waals surface area contributed by atoms with Crippen molar-refractivity contribution in [1.82, 2.24) is 10.2 Å². The van der Waals surface area contributed by atoms with Crippen LogP contribution in [0.1, 0.15) is 26.7 Å². The summed E-state index contributed by atoms with van der Waals surface area (Å²) in [6.07, 6.45) is 1.40. The van der Waals surface area contributed by atoms with Crippen molar-refractivity contribution in [2.45, 2.75) is 26.7 Å². The van der Waals surface area contributed by atoms with E-state index in [1.54, 1.807) is 0 Å². The molecule has 5 heteroatoms. The van der Waals surface area contributed by atoms with E-state index in [-0.39, 0.29) is 18.4 Å². The van der Waals surface area contributed by atoms with Gasteiger partial charge in [-0.15, -0.1) is 0 Å². The Labute approximate surface area is 102 Å². The maximum atomic E-state index is 11.8. The van der Waals surface area contributed by atoms with E-state index in [1.807, 2.05) is 4.90 Å². The molecule has 2 amide bonds. The van der Waals surface area contributed by atoms with Gasteiger partial charge < -0.3 is 15.0 Å². The Morgan fingerprint density at radius 2 is 1.88 bits per heavy atom. The molecule has 0 spiro atoms. The second-order valence-electron chi connectivity index (χ2n) is 4.91. The first-order valence-corrected chi connectivity index (χ1v) is 6.12. The molecule has 1 N–H and O–H groups in total. The summed E-state index contributed by atoms with van der Waals surface area (Å²) in [7, 11) is 1.35. The van der Waals surface area contributed by atoms with Gasteiger partial charge in [-0.25, -0.2) is 4.79 Å². The summed E-state index contributed by atoms with van der Waals surface area (Å²) in [4.78, 5) is 24.5. The number of nitrogens with one attached hydrogen (secondary N) is 1. The second kappa shape index (κ2) is 6.47. The molecule has 0 aromatic rings. The quantitative estimate of drug-likeness (QED) is 0.757. The molecule has 17 heavy (non-hydrogen) atoms. The Balaban J connectivity index is 2.29. The van der Waals surface area contributed by atoms with Gasteiger partial charge >= 0.3 is 12.0 Å². The Kier molecular flexibility index (Phi) is 5.25. The highest BCUT2D eigenvalue weighted by Crippen LogP contribution is 2.20. The minimum absolute atomic E-state index is 0.0766. The number of amides is 2. The van der Waals surface area contributed by atoms with Crippen LogP contribution in [0.15, 0.2) is 0 Å². The first kappa shape index (κ1) is 13.8. The summed E-state index contributed by atoms with van der Waals surface area (Å²) < 4.78 is 4.51. The van der Waals surface area contributed by atoms with Gasteiger partial charge in [0.1, 0.15) is 0 Å². The highest BCUT2D eigenvalue weighted by atomic mass is 16.5. The summed E-state index contributed by atoms with van der Waals surface area (Å²) in [5.74, 6) is 0.792. The van der Waals surface area contributed by atoms with Crippen molar-refractivity contribution >= 4 is 12.0 Å². The van der Waals surface area contributed by atoms with Crippen LogP contribution in [-0.4, -0.2) is 43.6 Å². The third kappa shape index (κ3) is 4.63. The summed E-state index contributed by atoms with van der Waals surface area (Å²) in [6, 6.07) is -0.0766. The van der Waals surface area contributed by atoms with Crippen LogP contribution in [0.5, 0.6) is 0 Å². The van der Waals surface area contributed by atoms with Crippen LogP contribution in [0.4, 0.5) is 4.79 Å². The molecule has 0 saturated carbocycles. The summed E-state index contributed by atoms with van der Waals surface area (Å²) in [6.45, 7) is 6.25. The van der Waals surface area contributed by atoms with Gasteiger partial charge in [0.2, 0.25) is 0 Å². The summed E-state index contributed by atoms with van der Waals surface area (Å²) in [5, 5.41) is 2.74. The van der Waals surface area contributed by atoms with Crippen molar-refractivity contribution in [3.63, 3.8) is 0 Å². The third-order valence-corrected chi connectivity index (χ3v) is 2.99. The van der Waals surface area contributed by atoms with E-state index in [9.17, 15) is 9.59 Å². The molecule has 1 heterocycles. The number of urea groups is 1. The molecule has 0 bridgehead atoms. The average Bonchev–Trinajstić information content (AvgIpc) is 2.27. The van der Waals surface area contributed by atoms with Crippen LogP contribution >= 0.6 is 0 Å². The number of piperidine rings is 1. The van der Waals surface area contributed by atoms with Crippen LogP contribution < -0.4 is 5.32 Å². The number of hydrogen-bond acceptors (Lipinski definition) is 3. The highest BCUT2D eigenvalue weighted by molar-refractivity contribution is 5.75. The number of methoxy groups -OCH3 is 1. The van der Waals surface area contributed by atoms with Gasteiger partial charge in [-0.1, -0.05) is 13.8 Å². The van der Waals surface area contributed by atoms with Crippen molar-refractivity contribution < 1.29 is 14.3 Å². The highest BCUT2D eigenvalue weighted by Gasteiger charge is 2.25. The van der Waals surface area contributed by atoms with Gasteiger partial charge in [0, 0.05) is 19.6 Å². The van der Waals surface area contributed by atoms with E-state index in [4.69, 9.17) is 0 Å². The van der Waals surface area contributed by atoms with Crippen LogP contribution in [-0.2, 0) is 9.53 Å². The standard InChI is InChI=1S/C12H22N2O3/c1-9-6-10(2)8-14(7-9)12(16)13-5-4-11(15)17-3/h9-10H,4-8H2,1-3H3,(H,13,16)/t9-,10+. The fourth-order valence-electron chi connectivity index (χ4n) is 2.31. The average molecular weight is 242 g/mol. The van der Waals surface area contributed by atoms with Gasteiger partial charge in [-0.2, -0.15) is 0 Å². The van der Waals surface area contributed by atoms with Crippen molar-refractivity contribution in [2.75, 3.05) is 26.7 Å². The lowest BCUT2D eigenvalue weighted by atomic mass is 9.92. The molecule has 1 aliphatic heterocycles. The molecule has 0 aliphatic carbocycles. The first-order chi connectivity index (χ1) is 8.02. The van der Waals surface area contributed by atoms with Gasteiger partial charge in [0.15, 0.2) is 0 Å². The monoisotopic (exact) mass is 242 g/mol. The zero-order chi connectivity index (χ0) is 12.8. The number of carbonyl (C=O) groups is 2. The molecular formula is C12H22N2O3. The molecule has 5 nitrogen and oxygen atoms in total. The Morgan fingerprint density at radius 1 is 1.29 bits per heavy atom. The second-order valence-corrected chi connectivity index (χ2v) is 4.91. The number of likely N-dealkylation sites (tertiary alicyclic amines) is 1. The fourth-order valence-corrected chi connectivity index (χ4v) is 2.31. The topological polar surface area (TPSA) is 58.6 Å². The van der Waals surface area contributed by atoms with E-state index >= 15 is 0 Å². The minimum Gasteiger partial charge on any atom is -0.469 e. The maximum absolute atomic E-state index is 11.8. The molecular weight excluding hydrogens is 220 g/mol. The van der Waals surface area contributed by atoms with E-state index in [0.717, 1.165) is 13.1 Å². The van der Waals surface area contributed by atoms with Crippen LogP contribution in [0.25, 0.3) is 0 Å². The summed E-state index contributed by atoms with van der Waals surface area (Å²) >= 11 is 0. The molecule has 1 rings (SSSR count). The predicted octanol–water partition coefficient (Wildman–Crippen LogP) is 1.24. The van der Waals surface area contributed by atoms with Crippen molar-refractivity contribution in [2.24, 2.45) is 11.8 Å². The van der Waals surface area contributed by atoms with Crippen LogP contribution in [0.2, 0.25) is 0 Å². The van der Waals surface area contributed by atoms with Crippen molar-refractivity contribution in [3.05, 3.63) is 0 Å². The molecule has 1 saturated heterocycles. The zero-order valence-electron chi connectivity index (χ0n) is 10.9. The molecule has 98 valence electrons. The third-order valence-electron chi connectivity index (χ3n) is 2.99. The van der Waals surface area contributed by atoms with Gasteiger partial charge in [-0.05, 0) is 18.3 Å². The smallest absolute Gasteiger partial charge is 0.317 e. The summed E-state index contributed by atoms with van der Waals surface area (Å²) in [5.41, 5.74) is 0. The number of rotatable bonds is 3. The maximum Gasteiger partial charge on any atom is 0.317 e. The fraction of sp³-hybridized carbons (Fsp3) is 0.833. The van der Waals surface area contributed by atoms with Gasteiger partial charge in [0.25, 0.3) is 0 Å². The van der Waals surface area contributed by atoms with E-state index in [2.05, 4.69) is 23.9 Å². The lowest BCUT2D eigenvalue weighted by Gasteiger charge is -2.34. The molecule has 2 atom stereocenters. The molecule has 0 aromatic carbocycles. The number of esters is 1. The zero-order valence-corrected chi connectivity index (χ0v) is 10.9. The van der Waals surface area contributed by atoms with E-state index in [0.29, 0.717) is 18.4 Å². The van der Waals surface area contributed by atoms with Crippen LogP contribution in [0.3, 0.4) is 0 Å². The van der Waals surface area contributed by atoms with Crippen LogP contribution in [0, 0.1) is 11.8 Å². The van der Waals surface area contributed by atoms with Gasteiger partial charge in [-0.3, -0.25) is 4.79 Å². The lowest BCUT2D eigenvalue weighted by Crippen LogP contribution is -2.47. The van der Waals surface area contributed by atoms with Crippen molar-refractivity contribution in [3.8, 4) is 0 Å². The largest absolute Gasteiger partial charge is 0.469 e.